The van der Waals surface area contributed by atoms with Crippen LogP contribution in [0.5, 0.6) is 0 Å². The van der Waals surface area contributed by atoms with E-state index < -0.39 is 0 Å². The van der Waals surface area contributed by atoms with Crippen LogP contribution in [0, 0.1) is 0 Å². The van der Waals surface area contributed by atoms with E-state index in [0.717, 1.165) is 31.2 Å². The zero-order valence-corrected chi connectivity index (χ0v) is 13.4. The number of hydrogen-bond acceptors (Lipinski definition) is 3. The summed E-state index contributed by atoms with van der Waals surface area (Å²) in [5.74, 6) is 0.124. The summed E-state index contributed by atoms with van der Waals surface area (Å²) in [4.78, 5) is 12.4. The zero-order valence-electron chi connectivity index (χ0n) is 11.7. The van der Waals surface area contributed by atoms with Gasteiger partial charge in [0.15, 0.2) is 0 Å². The first kappa shape index (κ1) is 17.3. The number of hydrogen-bond donors (Lipinski definition) is 2. The minimum absolute atomic E-state index is 0. The van der Waals surface area contributed by atoms with Gasteiger partial charge in [0.1, 0.15) is 5.25 Å². The first-order valence-electron chi connectivity index (χ1n) is 6.84. The molecule has 0 bridgehead atoms. The average molecular weight is 315 g/mol. The van der Waals surface area contributed by atoms with Crippen molar-refractivity contribution in [3.05, 3.63) is 35.9 Å². The van der Waals surface area contributed by atoms with Crippen molar-refractivity contribution in [2.45, 2.75) is 43.0 Å². The summed E-state index contributed by atoms with van der Waals surface area (Å²) in [7, 11) is 0. The van der Waals surface area contributed by atoms with Crippen molar-refractivity contribution in [3.8, 4) is 0 Å². The lowest BCUT2D eigenvalue weighted by atomic mass is 9.91. The van der Waals surface area contributed by atoms with Crippen LogP contribution in [0.15, 0.2) is 30.3 Å². The van der Waals surface area contributed by atoms with Crippen molar-refractivity contribution in [2.24, 2.45) is 5.73 Å². The Labute approximate surface area is 131 Å². The van der Waals surface area contributed by atoms with Gasteiger partial charge in [0.05, 0.1) is 0 Å². The van der Waals surface area contributed by atoms with Crippen molar-refractivity contribution < 1.29 is 4.79 Å². The molecule has 1 aromatic rings. The van der Waals surface area contributed by atoms with Crippen LogP contribution in [0.3, 0.4) is 0 Å². The summed E-state index contributed by atoms with van der Waals surface area (Å²) in [5, 5.41) is 3.06. The van der Waals surface area contributed by atoms with Gasteiger partial charge in [-0.1, -0.05) is 30.3 Å². The van der Waals surface area contributed by atoms with Crippen LogP contribution in [-0.2, 0) is 4.79 Å². The first-order chi connectivity index (χ1) is 9.20. The van der Waals surface area contributed by atoms with Gasteiger partial charge in [-0.05, 0) is 37.5 Å². The number of nitrogens with one attached hydrogen (secondary N) is 1. The fourth-order valence-corrected chi connectivity index (χ4v) is 3.27. The third-order valence-corrected chi connectivity index (χ3v) is 4.65. The van der Waals surface area contributed by atoms with E-state index >= 15 is 0 Å². The van der Waals surface area contributed by atoms with Gasteiger partial charge in [-0.3, -0.25) is 4.79 Å². The van der Waals surface area contributed by atoms with Crippen molar-refractivity contribution in [1.29, 1.82) is 0 Å². The van der Waals surface area contributed by atoms with E-state index in [1.807, 2.05) is 36.6 Å². The second-order valence-electron chi connectivity index (χ2n) is 5.15. The molecule has 1 aliphatic carbocycles. The quantitative estimate of drug-likeness (QED) is 0.898. The van der Waals surface area contributed by atoms with Crippen LogP contribution in [0.1, 0.15) is 36.5 Å². The number of carbonyl (C=O) groups is 1. The molecule has 0 heterocycles. The van der Waals surface area contributed by atoms with Gasteiger partial charge in [-0.15, -0.1) is 24.2 Å². The van der Waals surface area contributed by atoms with Crippen molar-refractivity contribution in [1.82, 2.24) is 5.32 Å². The normalized spacial score (nSPS) is 23.5. The number of halogens is 1. The lowest BCUT2D eigenvalue weighted by Crippen LogP contribution is -2.41. The molecule has 112 valence electrons. The molecule has 0 aliphatic heterocycles. The summed E-state index contributed by atoms with van der Waals surface area (Å²) in [6.07, 6.45) is 6.01. The number of thioether (sulfide) groups is 1. The van der Waals surface area contributed by atoms with E-state index in [1.165, 1.54) is 0 Å². The fraction of sp³-hybridized carbons (Fsp3) is 0.533. The van der Waals surface area contributed by atoms with Crippen LogP contribution in [0.25, 0.3) is 0 Å². The van der Waals surface area contributed by atoms with E-state index in [1.54, 1.807) is 11.8 Å². The molecule has 0 aromatic heterocycles. The Morgan fingerprint density at radius 3 is 2.40 bits per heavy atom. The number of nitrogens with two attached hydrogens (primary N) is 1. The molecule has 0 radical (unpaired) electrons. The number of rotatable bonds is 4. The zero-order chi connectivity index (χ0) is 13.7. The van der Waals surface area contributed by atoms with E-state index in [-0.39, 0.29) is 23.6 Å². The Kier molecular flexibility index (Phi) is 7.41. The maximum absolute atomic E-state index is 12.4. The molecule has 1 saturated carbocycles. The Bertz CT molecular complexity index is 408. The minimum Gasteiger partial charge on any atom is -0.352 e. The summed E-state index contributed by atoms with van der Waals surface area (Å²) >= 11 is 1.58. The highest BCUT2D eigenvalue weighted by Gasteiger charge is 2.24. The van der Waals surface area contributed by atoms with Gasteiger partial charge in [0.25, 0.3) is 0 Å². The molecule has 3 N–H and O–H groups in total. The highest BCUT2D eigenvalue weighted by molar-refractivity contribution is 7.99. The maximum Gasteiger partial charge on any atom is 0.237 e. The van der Waals surface area contributed by atoms with Gasteiger partial charge in [0, 0.05) is 12.1 Å². The van der Waals surface area contributed by atoms with Crippen molar-refractivity contribution in [2.75, 3.05) is 6.26 Å². The molecule has 3 nitrogen and oxygen atoms in total. The molecule has 1 amide bonds. The molecule has 0 saturated heterocycles. The smallest absolute Gasteiger partial charge is 0.237 e. The predicted molar refractivity (Wildman–Crippen MR) is 88.3 cm³/mol. The first-order valence-corrected chi connectivity index (χ1v) is 8.13. The number of amides is 1. The van der Waals surface area contributed by atoms with Gasteiger partial charge in [0.2, 0.25) is 5.91 Å². The monoisotopic (exact) mass is 314 g/mol. The Balaban J connectivity index is 0.00000200. The third-order valence-electron chi connectivity index (χ3n) is 3.69. The molecule has 1 aliphatic rings. The highest BCUT2D eigenvalue weighted by atomic mass is 35.5. The molecular weight excluding hydrogens is 292 g/mol. The lowest BCUT2D eigenvalue weighted by molar-refractivity contribution is -0.121. The molecular formula is C15H23ClN2OS. The van der Waals surface area contributed by atoms with Gasteiger partial charge >= 0.3 is 0 Å². The summed E-state index contributed by atoms with van der Waals surface area (Å²) in [5.41, 5.74) is 6.96. The molecule has 1 unspecified atom stereocenters. The molecule has 20 heavy (non-hydrogen) atoms. The van der Waals surface area contributed by atoms with Crippen molar-refractivity contribution in [3.63, 3.8) is 0 Å². The topological polar surface area (TPSA) is 55.1 Å². The van der Waals surface area contributed by atoms with Gasteiger partial charge < -0.3 is 11.1 Å². The number of carbonyl (C=O) groups excluding carboxylic acids is 1. The molecule has 0 spiro atoms. The van der Waals surface area contributed by atoms with Gasteiger partial charge in [-0.2, -0.15) is 0 Å². The molecule has 1 atom stereocenters. The minimum atomic E-state index is -0.114. The van der Waals surface area contributed by atoms with Crippen LogP contribution in [0.4, 0.5) is 0 Å². The number of benzene rings is 1. The van der Waals surface area contributed by atoms with Crippen LogP contribution >= 0.6 is 24.2 Å². The fourth-order valence-electron chi connectivity index (χ4n) is 2.56. The molecule has 1 aromatic carbocycles. The highest BCUT2D eigenvalue weighted by Crippen LogP contribution is 2.27. The SMILES string of the molecule is CSC(C(=O)NC1CCC(N)CC1)c1ccccc1.Cl. The summed E-state index contributed by atoms with van der Waals surface area (Å²) < 4.78 is 0. The van der Waals surface area contributed by atoms with E-state index in [9.17, 15) is 4.79 Å². The largest absolute Gasteiger partial charge is 0.352 e. The van der Waals surface area contributed by atoms with Crippen molar-refractivity contribution >= 4 is 30.1 Å². The van der Waals surface area contributed by atoms with Gasteiger partial charge in [-0.25, -0.2) is 0 Å². The second kappa shape index (κ2) is 8.55. The van der Waals surface area contributed by atoms with Crippen LogP contribution in [-0.4, -0.2) is 24.2 Å². The van der Waals surface area contributed by atoms with E-state index in [0.29, 0.717) is 12.1 Å². The standard InChI is InChI=1S/C15H22N2OS.ClH/c1-19-14(11-5-3-2-4-6-11)15(18)17-13-9-7-12(16)8-10-13;/h2-6,12-14H,7-10,16H2,1H3,(H,17,18);1H. The Morgan fingerprint density at radius 1 is 1.25 bits per heavy atom. The maximum atomic E-state index is 12.4. The molecule has 5 heteroatoms. The average Bonchev–Trinajstić information content (AvgIpc) is 2.43. The van der Waals surface area contributed by atoms with E-state index in [4.69, 9.17) is 5.73 Å². The lowest BCUT2D eigenvalue weighted by Gasteiger charge is -2.28. The Hall–Kier alpha value is -0.710. The van der Waals surface area contributed by atoms with E-state index in [2.05, 4.69) is 5.32 Å². The molecule has 1 fully saturated rings. The second-order valence-corrected chi connectivity index (χ2v) is 6.09. The summed E-state index contributed by atoms with van der Waals surface area (Å²) in [6.45, 7) is 0. The predicted octanol–water partition coefficient (Wildman–Crippen LogP) is 2.90. The van der Waals surface area contributed by atoms with Crippen LogP contribution in [0.2, 0.25) is 0 Å². The summed E-state index contributed by atoms with van der Waals surface area (Å²) in [6, 6.07) is 10.6. The third kappa shape index (κ3) is 4.69. The Morgan fingerprint density at radius 2 is 1.85 bits per heavy atom. The van der Waals surface area contributed by atoms with Crippen LogP contribution < -0.4 is 11.1 Å². The molecule has 2 rings (SSSR count).